The molecule has 5 heterocycles. The van der Waals surface area contributed by atoms with Gasteiger partial charge in [-0.2, -0.15) is 0 Å². The third kappa shape index (κ3) is 8.52. The molecule has 0 unspecified atom stereocenters. The zero-order valence-corrected chi connectivity index (χ0v) is 37.7. The number of hydrogen-bond acceptors (Lipinski definition) is 12. The minimum atomic E-state index is -2.23. The zero-order chi connectivity index (χ0) is 42.3. The second-order valence-corrected chi connectivity index (χ2v) is 24.8. The quantitative estimate of drug-likeness (QED) is 0.0560. The van der Waals surface area contributed by atoms with Gasteiger partial charge in [-0.1, -0.05) is 44.2 Å². The Morgan fingerprint density at radius 2 is 1.78 bits per heavy atom. The van der Waals surface area contributed by atoms with E-state index in [1.54, 1.807) is 6.07 Å². The SMILES string of the molecule is CC(C)(C)[Si](C)(C)O[C@@H](CNCc1ccc2c(c1)nnn2CCCN1CCC2(CC1)CC(OC(C(=O)O)(c1cccs1)c1cccs1)C2)c1ccc(O)c2c1OCC(=O)N2. The number of aromatic nitrogens is 3. The summed E-state index contributed by atoms with van der Waals surface area (Å²) in [6.07, 6.45) is 4.51. The van der Waals surface area contributed by atoms with E-state index in [2.05, 4.69) is 77.9 Å². The number of aliphatic carboxylic acids is 1. The van der Waals surface area contributed by atoms with Gasteiger partial charge in [0.1, 0.15) is 17.0 Å². The first-order valence-corrected chi connectivity index (χ1v) is 25.5. The van der Waals surface area contributed by atoms with E-state index < -0.39 is 19.9 Å². The highest BCUT2D eigenvalue weighted by molar-refractivity contribution is 7.12. The number of benzene rings is 2. The van der Waals surface area contributed by atoms with Crippen molar-refractivity contribution in [1.82, 2.24) is 25.2 Å². The number of rotatable bonds is 16. The Bertz CT molecular complexity index is 2260. The number of carbonyl (C=O) groups is 2. The van der Waals surface area contributed by atoms with Crippen LogP contribution in [0.2, 0.25) is 18.1 Å². The van der Waals surface area contributed by atoms with E-state index in [4.69, 9.17) is 13.9 Å². The largest absolute Gasteiger partial charge is 0.506 e. The standard InChI is InChI=1S/C44H56N6O7S2Si/c1-42(2,3)60(4,5)57-35(31-12-14-34(51)39-40(31)55-28-38(52)46-39)27-45-26-29-11-13-33-32(23-29)47-48-50(33)18-8-17-49-19-15-43(16-20-49)24-30(25-43)56-44(41(53)54,36-9-6-21-58-36)37-10-7-22-59-37/h6-7,9-14,21-23,30,35,45,51H,8,15-20,24-28H2,1-5H3,(H,46,52)(H,53,54)/t35-/m0/s1. The van der Waals surface area contributed by atoms with E-state index in [-0.39, 0.29) is 46.6 Å². The molecule has 1 aliphatic carbocycles. The number of ether oxygens (including phenoxy) is 2. The molecule has 2 fully saturated rings. The summed E-state index contributed by atoms with van der Waals surface area (Å²) >= 11 is 2.87. The van der Waals surface area contributed by atoms with Crippen molar-refractivity contribution in [3.05, 3.63) is 86.2 Å². The van der Waals surface area contributed by atoms with Crippen LogP contribution in [-0.4, -0.2) is 89.2 Å². The van der Waals surface area contributed by atoms with Crippen LogP contribution in [0.4, 0.5) is 5.69 Å². The van der Waals surface area contributed by atoms with Crippen molar-refractivity contribution in [2.24, 2.45) is 5.41 Å². The van der Waals surface area contributed by atoms with Crippen molar-refractivity contribution in [1.29, 1.82) is 0 Å². The number of anilines is 1. The van der Waals surface area contributed by atoms with Gasteiger partial charge in [-0.3, -0.25) is 4.79 Å². The second-order valence-electron chi connectivity index (χ2n) is 18.1. The summed E-state index contributed by atoms with van der Waals surface area (Å²) in [7, 11) is -2.23. The molecule has 1 atom stereocenters. The number of hydrogen-bond donors (Lipinski definition) is 4. The smallest absolute Gasteiger partial charge is 0.347 e. The first-order valence-electron chi connectivity index (χ1n) is 20.9. The Kier molecular flexibility index (Phi) is 12.0. The Labute approximate surface area is 360 Å². The predicted octanol–water partition coefficient (Wildman–Crippen LogP) is 8.12. The Balaban J connectivity index is 0.827. The first kappa shape index (κ1) is 42.5. The van der Waals surface area contributed by atoms with E-state index in [1.165, 1.54) is 22.7 Å². The summed E-state index contributed by atoms with van der Waals surface area (Å²) in [5.74, 6) is -0.843. The van der Waals surface area contributed by atoms with Crippen LogP contribution < -0.4 is 15.4 Å². The number of phenols is 1. The number of carboxylic acids is 1. The number of thiophene rings is 2. The molecule has 5 aromatic rings. The molecule has 1 saturated carbocycles. The van der Waals surface area contributed by atoms with Crippen molar-refractivity contribution in [2.75, 3.05) is 38.1 Å². The first-order chi connectivity index (χ1) is 28.7. The highest BCUT2D eigenvalue weighted by Gasteiger charge is 2.53. The normalized spacial score (nSPS) is 17.9. The molecule has 1 amide bonds. The van der Waals surface area contributed by atoms with Crippen molar-refractivity contribution < 1.29 is 33.7 Å². The number of likely N-dealkylation sites (tertiary alicyclic amines) is 1. The molecule has 3 aliphatic rings. The highest BCUT2D eigenvalue weighted by atomic mass is 32.1. The second kappa shape index (κ2) is 16.9. The summed E-state index contributed by atoms with van der Waals surface area (Å²) in [6, 6.07) is 17.2. The van der Waals surface area contributed by atoms with E-state index in [1.807, 2.05) is 45.8 Å². The zero-order valence-electron chi connectivity index (χ0n) is 35.0. The number of fused-ring (bicyclic) bond motifs is 2. The average molecular weight is 873 g/mol. The number of piperidine rings is 1. The topological polar surface area (TPSA) is 160 Å². The summed E-state index contributed by atoms with van der Waals surface area (Å²) in [4.78, 5) is 28.9. The van der Waals surface area contributed by atoms with Gasteiger partial charge < -0.3 is 39.6 Å². The minimum Gasteiger partial charge on any atom is -0.506 e. The maximum Gasteiger partial charge on any atom is 0.347 e. The van der Waals surface area contributed by atoms with Crippen molar-refractivity contribution in [2.45, 2.75) is 102 Å². The predicted molar refractivity (Wildman–Crippen MR) is 236 cm³/mol. The third-order valence-electron chi connectivity index (χ3n) is 13.1. The van der Waals surface area contributed by atoms with Gasteiger partial charge in [-0.05, 0) is 128 Å². The third-order valence-corrected chi connectivity index (χ3v) is 19.5. The minimum absolute atomic E-state index is 0.0311. The van der Waals surface area contributed by atoms with Crippen LogP contribution >= 0.6 is 22.7 Å². The molecule has 4 N–H and O–H groups in total. The molecule has 2 aromatic carbocycles. The fourth-order valence-corrected chi connectivity index (χ4v) is 11.7. The highest BCUT2D eigenvalue weighted by Crippen LogP contribution is 2.54. The van der Waals surface area contributed by atoms with Crippen LogP contribution in [0.5, 0.6) is 11.5 Å². The molecule has 60 heavy (non-hydrogen) atoms. The molecule has 16 heteroatoms. The summed E-state index contributed by atoms with van der Waals surface area (Å²) in [5, 5.41) is 40.2. The summed E-state index contributed by atoms with van der Waals surface area (Å²) in [6.45, 7) is 15.8. The molecule has 1 spiro atoms. The van der Waals surface area contributed by atoms with E-state index in [0.29, 0.717) is 18.8 Å². The molecular weight excluding hydrogens is 817 g/mol. The van der Waals surface area contributed by atoms with E-state index in [0.717, 1.165) is 90.2 Å². The maximum atomic E-state index is 12.8. The van der Waals surface area contributed by atoms with Gasteiger partial charge in [-0.25, -0.2) is 9.48 Å². The lowest BCUT2D eigenvalue weighted by Crippen LogP contribution is -2.53. The van der Waals surface area contributed by atoms with Crippen LogP contribution in [0, 0.1) is 5.41 Å². The Hall–Kier alpha value is -4.16. The molecule has 3 aromatic heterocycles. The number of carboxylic acid groups (broad SMARTS) is 1. The fourth-order valence-electron chi connectivity index (χ4n) is 8.62. The number of amides is 1. The number of nitrogens with one attached hydrogen (secondary N) is 2. The van der Waals surface area contributed by atoms with Crippen LogP contribution in [0.15, 0.2) is 65.4 Å². The number of aryl methyl sites for hydroxylation is 1. The number of carbonyl (C=O) groups excluding carboxylic acids is 1. The van der Waals surface area contributed by atoms with Crippen LogP contribution in [0.1, 0.15) is 79.9 Å². The molecule has 1 saturated heterocycles. The molecule has 0 bridgehead atoms. The average Bonchev–Trinajstić information content (AvgIpc) is 4.01. The van der Waals surface area contributed by atoms with Crippen LogP contribution in [0.3, 0.4) is 0 Å². The van der Waals surface area contributed by atoms with Gasteiger partial charge in [0, 0.05) is 25.2 Å². The molecule has 13 nitrogen and oxygen atoms in total. The molecule has 2 aliphatic heterocycles. The van der Waals surface area contributed by atoms with Gasteiger partial charge in [-0.15, -0.1) is 27.8 Å². The molecule has 8 rings (SSSR count). The van der Waals surface area contributed by atoms with Crippen LogP contribution in [0.25, 0.3) is 11.0 Å². The van der Waals surface area contributed by atoms with E-state index >= 15 is 0 Å². The fraction of sp³-hybridized carbons (Fsp3) is 0.500. The number of phenolic OH excluding ortho intramolecular Hbond substituents is 1. The summed E-state index contributed by atoms with van der Waals surface area (Å²) < 4.78 is 21.4. The van der Waals surface area contributed by atoms with Crippen molar-refractivity contribution in [3.8, 4) is 11.5 Å². The number of aromatic hydroxyl groups is 1. The van der Waals surface area contributed by atoms with Gasteiger partial charge in [0.25, 0.3) is 5.91 Å². The molecule has 320 valence electrons. The maximum absolute atomic E-state index is 12.8. The van der Waals surface area contributed by atoms with Gasteiger partial charge in [0.15, 0.2) is 20.7 Å². The lowest BCUT2D eigenvalue weighted by molar-refractivity contribution is -0.190. The lowest BCUT2D eigenvalue weighted by Gasteiger charge is -2.53. The van der Waals surface area contributed by atoms with E-state index in [9.17, 15) is 19.8 Å². The van der Waals surface area contributed by atoms with Gasteiger partial charge >= 0.3 is 5.97 Å². The lowest BCUT2D eigenvalue weighted by atomic mass is 9.61. The molecular formula is C44H56N6O7S2Si. The van der Waals surface area contributed by atoms with Crippen molar-refractivity contribution in [3.63, 3.8) is 0 Å². The van der Waals surface area contributed by atoms with Gasteiger partial charge in [0.2, 0.25) is 5.60 Å². The Morgan fingerprint density at radius 3 is 2.43 bits per heavy atom. The monoisotopic (exact) mass is 872 g/mol. The van der Waals surface area contributed by atoms with Crippen molar-refractivity contribution >= 4 is 59.6 Å². The van der Waals surface area contributed by atoms with Crippen LogP contribution in [-0.2, 0) is 37.4 Å². The van der Waals surface area contributed by atoms with Gasteiger partial charge in [0.05, 0.1) is 27.5 Å². The number of nitrogens with zero attached hydrogens (tertiary/aromatic N) is 4. The summed E-state index contributed by atoms with van der Waals surface area (Å²) in [5.41, 5.74) is 2.79. The molecule has 0 radical (unpaired) electrons. The Morgan fingerprint density at radius 1 is 1.07 bits per heavy atom.